The fourth-order valence-electron chi connectivity index (χ4n) is 1.24. The van der Waals surface area contributed by atoms with E-state index in [1.165, 1.54) is 13.3 Å². The summed E-state index contributed by atoms with van der Waals surface area (Å²) < 4.78 is 4.70. The van der Waals surface area contributed by atoms with Crippen LogP contribution in [0.3, 0.4) is 0 Å². The number of nitrogens with one attached hydrogen (secondary N) is 1. The lowest BCUT2D eigenvalue weighted by Gasteiger charge is -2.19. The molecule has 0 saturated heterocycles. The van der Waals surface area contributed by atoms with Gasteiger partial charge in [-0.2, -0.15) is 0 Å². The minimum absolute atomic E-state index is 0.203. The Morgan fingerprint density at radius 3 is 2.65 bits per heavy atom. The highest BCUT2D eigenvalue weighted by Crippen LogP contribution is 2.19. The highest BCUT2D eigenvalue weighted by molar-refractivity contribution is 5.95. The van der Waals surface area contributed by atoms with E-state index in [2.05, 4.69) is 24.1 Å². The third-order valence-electron chi connectivity index (χ3n) is 2.68. The van der Waals surface area contributed by atoms with E-state index in [4.69, 9.17) is 10.5 Å². The summed E-state index contributed by atoms with van der Waals surface area (Å²) in [6.07, 6.45) is 1.52. The maximum atomic E-state index is 11.6. The van der Waals surface area contributed by atoms with Gasteiger partial charge in [-0.1, -0.05) is 13.8 Å². The summed E-state index contributed by atoms with van der Waals surface area (Å²) >= 11 is 0. The normalized spacial score (nSPS) is 12.3. The van der Waals surface area contributed by atoms with Crippen LogP contribution in [0.1, 0.15) is 31.1 Å². The summed E-state index contributed by atoms with van der Waals surface area (Å²) in [5.41, 5.74) is 6.41. The predicted octanol–water partition coefficient (Wildman–Crippen LogP) is 1.91. The van der Waals surface area contributed by atoms with Crippen molar-refractivity contribution in [3.05, 3.63) is 17.8 Å². The lowest BCUT2D eigenvalue weighted by atomic mass is 10.1. The number of carbonyl (C=O) groups is 1. The van der Waals surface area contributed by atoms with Gasteiger partial charge in [-0.05, 0) is 18.9 Å². The van der Waals surface area contributed by atoms with Crippen molar-refractivity contribution in [3.8, 4) is 0 Å². The monoisotopic (exact) mass is 237 g/mol. The molecule has 1 aromatic heterocycles. The molecule has 0 aromatic carbocycles. The van der Waals surface area contributed by atoms with Gasteiger partial charge in [0.25, 0.3) is 0 Å². The maximum Gasteiger partial charge on any atom is 0.341 e. The Labute approximate surface area is 101 Å². The summed E-state index contributed by atoms with van der Waals surface area (Å²) in [5.74, 6) is 0.496. The van der Waals surface area contributed by atoms with E-state index in [0.29, 0.717) is 23.0 Å². The molecule has 5 nitrogen and oxygen atoms in total. The highest BCUT2D eigenvalue weighted by atomic mass is 16.5. The van der Waals surface area contributed by atoms with E-state index in [1.807, 2.05) is 6.92 Å². The molecule has 0 spiro atoms. The molecule has 0 aliphatic heterocycles. The van der Waals surface area contributed by atoms with Crippen molar-refractivity contribution in [1.29, 1.82) is 0 Å². The van der Waals surface area contributed by atoms with Gasteiger partial charge in [0.15, 0.2) is 0 Å². The summed E-state index contributed by atoms with van der Waals surface area (Å²) in [4.78, 5) is 15.7. The number of anilines is 2. The molecular formula is C12H19N3O2. The number of pyridine rings is 1. The molecule has 3 N–H and O–H groups in total. The average Bonchev–Trinajstić information content (AvgIpc) is 2.30. The smallest absolute Gasteiger partial charge is 0.341 e. The second-order valence-electron chi connectivity index (χ2n) is 4.33. The van der Waals surface area contributed by atoms with Gasteiger partial charge < -0.3 is 15.8 Å². The van der Waals surface area contributed by atoms with Gasteiger partial charge in [0.05, 0.1) is 19.0 Å². The number of methoxy groups -OCH3 is 1. The van der Waals surface area contributed by atoms with Crippen LogP contribution in [0.4, 0.5) is 11.5 Å². The minimum atomic E-state index is -0.441. The Balaban J connectivity index is 3.02. The zero-order chi connectivity index (χ0) is 13.0. The molecule has 0 radical (unpaired) electrons. The predicted molar refractivity (Wildman–Crippen MR) is 67.9 cm³/mol. The number of aromatic nitrogens is 1. The van der Waals surface area contributed by atoms with Crippen molar-refractivity contribution >= 4 is 17.5 Å². The van der Waals surface area contributed by atoms with Gasteiger partial charge in [0, 0.05) is 6.04 Å². The Kier molecular flexibility index (Phi) is 4.31. The summed E-state index contributed by atoms with van der Waals surface area (Å²) in [7, 11) is 1.33. The van der Waals surface area contributed by atoms with Crippen LogP contribution in [-0.4, -0.2) is 24.1 Å². The fraction of sp³-hybridized carbons (Fsp3) is 0.500. The summed E-state index contributed by atoms with van der Waals surface area (Å²) in [5, 5.41) is 3.18. The van der Waals surface area contributed by atoms with E-state index >= 15 is 0 Å². The Morgan fingerprint density at radius 1 is 1.47 bits per heavy atom. The topological polar surface area (TPSA) is 77.2 Å². The Morgan fingerprint density at radius 2 is 2.12 bits per heavy atom. The quantitative estimate of drug-likeness (QED) is 0.782. The first kappa shape index (κ1) is 13.3. The van der Waals surface area contributed by atoms with Gasteiger partial charge in [-0.15, -0.1) is 0 Å². The zero-order valence-corrected chi connectivity index (χ0v) is 10.7. The Hall–Kier alpha value is -1.78. The molecule has 17 heavy (non-hydrogen) atoms. The zero-order valence-electron chi connectivity index (χ0n) is 10.7. The van der Waals surface area contributed by atoms with Crippen molar-refractivity contribution in [3.63, 3.8) is 0 Å². The van der Waals surface area contributed by atoms with E-state index < -0.39 is 5.97 Å². The molecule has 0 aliphatic carbocycles. The number of nitrogens with zero attached hydrogens (tertiary/aromatic N) is 1. The highest BCUT2D eigenvalue weighted by Gasteiger charge is 2.16. The number of carbonyl (C=O) groups excluding carboxylic acids is 1. The van der Waals surface area contributed by atoms with E-state index in [1.54, 1.807) is 6.07 Å². The average molecular weight is 237 g/mol. The summed E-state index contributed by atoms with van der Waals surface area (Å²) in [6, 6.07) is 1.77. The van der Waals surface area contributed by atoms with Gasteiger partial charge in [0.2, 0.25) is 0 Å². The first-order valence-electron chi connectivity index (χ1n) is 5.56. The first-order valence-corrected chi connectivity index (χ1v) is 5.56. The standard InChI is InChI=1S/C12H19N3O2/c1-7(2)8(3)15-11-10(12(16)17-4)5-9(13)6-14-11/h5-8H,13H2,1-4H3,(H,14,15). The molecule has 1 aromatic rings. The second-order valence-corrected chi connectivity index (χ2v) is 4.33. The molecular weight excluding hydrogens is 218 g/mol. The number of ether oxygens (including phenoxy) is 1. The maximum absolute atomic E-state index is 11.6. The van der Waals surface area contributed by atoms with Crippen LogP contribution in [0.2, 0.25) is 0 Å². The summed E-state index contributed by atoms with van der Waals surface area (Å²) in [6.45, 7) is 6.21. The van der Waals surface area contributed by atoms with Crippen LogP contribution in [0.5, 0.6) is 0 Å². The number of nitrogens with two attached hydrogens (primary N) is 1. The van der Waals surface area contributed by atoms with Crippen molar-refractivity contribution in [2.75, 3.05) is 18.2 Å². The van der Waals surface area contributed by atoms with Crippen molar-refractivity contribution in [1.82, 2.24) is 4.98 Å². The minimum Gasteiger partial charge on any atom is -0.465 e. The fourth-order valence-corrected chi connectivity index (χ4v) is 1.24. The third kappa shape index (κ3) is 3.34. The van der Waals surface area contributed by atoms with Gasteiger partial charge in [-0.3, -0.25) is 0 Å². The van der Waals surface area contributed by atoms with Crippen LogP contribution >= 0.6 is 0 Å². The van der Waals surface area contributed by atoms with E-state index in [0.717, 1.165) is 0 Å². The lowest BCUT2D eigenvalue weighted by molar-refractivity contribution is 0.0601. The number of rotatable bonds is 4. The van der Waals surface area contributed by atoms with Crippen LogP contribution in [-0.2, 0) is 4.74 Å². The van der Waals surface area contributed by atoms with Crippen LogP contribution in [0.25, 0.3) is 0 Å². The number of hydrogen-bond donors (Lipinski definition) is 2. The molecule has 94 valence electrons. The lowest BCUT2D eigenvalue weighted by Crippen LogP contribution is -2.24. The third-order valence-corrected chi connectivity index (χ3v) is 2.68. The molecule has 1 unspecified atom stereocenters. The number of hydrogen-bond acceptors (Lipinski definition) is 5. The second kappa shape index (κ2) is 5.52. The molecule has 1 rings (SSSR count). The van der Waals surface area contributed by atoms with Gasteiger partial charge in [0.1, 0.15) is 11.4 Å². The molecule has 1 atom stereocenters. The van der Waals surface area contributed by atoms with Crippen LogP contribution in [0.15, 0.2) is 12.3 Å². The first-order chi connectivity index (χ1) is 7.95. The number of nitrogen functional groups attached to an aromatic ring is 1. The molecule has 0 aliphatic rings. The van der Waals surface area contributed by atoms with Crippen LogP contribution in [0, 0.1) is 5.92 Å². The largest absolute Gasteiger partial charge is 0.465 e. The molecule has 1 heterocycles. The molecule has 5 heteroatoms. The van der Waals surface area contributed by atoms with E-state index in [9.17, 15) is 4.79 Å². The SMILES string of the molecule is COC(=O)c1cc(N)cnc1NC(C)C(C)C. The van der Waals surface area contributed by atoms with Crippen molar-refractivity contribution in [2.24, 2.45) is 5.92 Å². The van der Waals surface area contributed by atoms with Crippen molar-refractivity contribution < 1.29 is 9.53 Å². The molecule has 0 fully saturated rings. The number of esters is 1. The molecule has 0 saturated carbocycles. The van der Waals surface area contributed by atoms with Gasteiger partial charge >= 0.3 is 5.97 Å². The molecule has 0 amide bonds. The van der Waals surface area contributed by atoms with Gasteiger partial charge in [-0.25, -0.2) is 9.78 Å². The molecule has 0 bridgehead atoms. The Bertz CT molecular complexity index is 405. The van der Waals surface area contributed by atoms with Crippen LogP contribution < -0.4 is 11.1 Å². The van der Waals surface area contributed by atoms with E-state index in [-0.39, 0.29) is 6.04 Å². The van der Waals surface area contributed by atoms with Crippen molar-refractivity contribution in [2.45, 2.75) is 26.8 Å².